The summed E-state index contributed by atoms with van der Waals surface area (Å²) in [5.74, 6) is 1.05. The maximum Gasteiger partial charge on any atom is 0.231 e. The first kappa shape index (κ1) is 18.7. The molecule has 0 fully saturated rings. The third-order valence-electron chi connectivity index (χ3n) is 4.03. The Morgan fingerprint density at radius 1 is 0.966 bits per heavy atom. The number of benzene rings is 2. The third kappa shape index (κ3) is 4.79. The molecule has 10 heteroatoms. The molecule has 0 amide bonds. The van der Waals surface area contributed by atoms with Crippen molar-refractivity contribution >= 4 is 44.3 Å². The van der Waals surface area contributed by atoms with Crippen LogP contribution in [0, 0.1) is 0 Å². The van der Waals surface area contributed by atoms with E-state index in [9.17, 15) is 8.42 Å². The van der Waals surface area contributed by atoms with Crippen LogP contribution in [0.1, 0.15) is 5.56 Å². The first-order valence-corrected chi connectivity index (χ1v) is 10.7. The summed E-state index contributed by atoms with van der Waals surface area (Å²) in [7, 11) is -3.29. The van der Waals surface area contributed by atoms with Crippen molar-refractivity contribution < 1.29 is 8.42 Å². The van der Waals surface area contributed by atoms with Crippen LogP contribution in [0.3, 0.4) is 0 Å². The van der Waals surface area contributed by atoms with Crippen molar-refractivity contribution in [3.8, 4) is 0 Å². The number of hydrogen-bond donors (Lipinski definition) is 4. The molecule has 4 rings (SSSR count). The van der Waals surface area contributed by atoms with Gasteiger partial charge in [-0.25, -0.2) is 13.4 Å². The molecule has 0 spiro atoms. The van der Waals surface area contributed by atoms with Crippen molar-refractivity contribution in [2.24, 2.45) is 0 Å². The average Bonchev–Trinajstić information content (AvgIpc) is 3.15. The van der Waals surface area contributed by atoms with Crippen LogP contribution in [0.25, 0.3) is 11.2 Å². The van der Waals surface area contributed by atoms with Gasteiger partial charge in [0.15, 0.2) is 11.5 Å². The minimum Gasteiger partial charge on any atom is -0.364 e. The monoisotopic (exact) mass is 409 g/mol. The molecule has 148 valence electrons. The number of rotatable bonds is 7. The van der Waals surface area contributed by atoms with E-state index < -0.39 is 10.0 Å². The van der Waals surface area contributed by atoms with Crippen LogP contribution in [-0.4, -0.2) is 34.6 Å². The molecule has 4 aromatic rings. The molecule has 0 saturated carbocycles. The lowest BCUT2D eigenvalue weighted by atomic mass is 10.2. The van der Waals surface area contributed by atoms with Gasteiger partial charge in [-0.3, -0.25) is 4.72 Å². The molecule has 2 aromatic heterocycles. The summed E-state index contributed by atoms with van der Waals surface area (Å²) in [6, 6.07) is 16.8. The number of nitrogens with one attached hydrogen (secondary N) is 4. The van der Waals surface area contributed by atoms with Gasteiger partial charge in [0.2, 0.25) is 16.0 Å². The predicted molar refractivity (Wildman–Crippen MR) is 114 cm³/mol. The minimum absolute atomic E-state index is 0.436. The number of para-hydroxylation sites is 1. The molecular formula is C19H19N7O2S. The van der Waals surface area contributed by atoms with E-state index in [-0.39, 0.29) is 0 Å². The maximum absolute atomic E-state index is 11.3. The van der Waals surface area contributed by atoms with Gasteiger partial charge in [0.1, 0.15) is 5.52 Å². The van der Waals surface area contributed by atoms with E-state index in [1.165, 1.54) is 0 Å². The Bertz CT molecular complexity index is 1220. The predicted octanol–water partition coefficient (Wildman–Crippen LogP) is 3.08. The van der Waals surface area contributed by atoms with E-state index in [4.69, 9.17) is 0 Å². The van der Waals surface area contributed by atoms with Crippen molar-refractivity contribution in [3.63, 3.8) is 0 Å². The lowest BCUT2D eigenvalue weighted by Crippen LogP contribution is -2.09. The van der Waals surface area contributed by atoms with Gasteiger partial charge >= 0.3 is 0 Å². The summed E-state index contributed by atoms with van der Waals surface area (Å²) in [5, 5.41) is 6.46. The van der Waals surface area contributed by atoms with Gasteiger partial charge in [-0.15, -0.1) is 0 Å². The van der Waals surface area contributed by atoms with Crippen molar-refractivity contribution in [2.75, 3.05) is 21.6 Å². The first-order valence-electron chi connectivity index (χ1n) is 8.80. The Kier molecular flexibility index (Phi) is 5.00. The molecule has 2 aromatic carbocycles. The Hall–Kier alpha value is -3.66. The molecule has 0 saturated heterocycles. The highest BCUT2D eigenvalue weighted by Gasteiger charge is 2.10. The Labute approximate surface area is 167 Å². The zero-order chi connectivity index (χ0) is 20.3. The third-order valence-corrected chi connectivity index (χ3v) is 4.64. The lowest BCUT2D eigenvalue weighted by molar-refractivity contribution is 0.607. The molecule has 0 aliphatic rings. The van der Waals surface area contributed by atoms with Gasteiger partial charge in [-0.1, -0.05) is 30.3 Å². The molecule has 0 atom stereocenters. The van der Waals surface area contributed by atoms with E-state index >= 15 is 0 Å². The normalized spacial score (nSPS) is 11.3. The van der Waals surface area contributed by atoms with Gasteiger partial charge in [-0.05, 0) is 29.8 Å². The number of anilines is 4. The van der Waals surface area contributed by atoms with E-state index in [0.717, 1.165) is 17.5 Å². The Balaban J connectivity index is 1.52. The van der Waals surface area contributed by atoms with Gasteiger partial charge in [-0.2, -0.15) is 9.97 Å². The van der Waals surface area contributed by atoms with E-state index in [2.05, 4.69) is 35.3 Å². The average molecular weight is 409 g/mol. The fourth-order valence-corrected chi connectivity index (χ4v) is 3.32. The van der Waals surface area contributed by atoms with Crippen LogP contribution in [0.5, 0.6) is 0 Å². The second-order valence-corrected chi connectivity index (χ2v) is 8.16. The van der Waals surface area contributed by atoms with Crippen molar-refractivity contribution in [1.29, 1.82) is 0 Å². The van der Waals surface area contributed by atoms with Crippen LogP contribution < -0.4 is 15.4 Å². The van der Waals surface area contributed by atoms with Gasteiger partial charge < -0.3 is 15.6 Å². The number of fused-ring (bicyclic) bond motifs is 1. The topological polar surface area (TPSA) is 125 Å². The molecule has 9 nitrogen and oxygen atoms in total. The Morgan fingerprint density at radius 2 is 1.72 bits per heavy atom. The number of imidazole rings is 1. The van der Waals surface area contributed by atoms with Crippen LogP contribution >= 0.6 is 0 Å². The van der Waals surface area contributed by atoms with Crippen molar-refractivity contribution in [1.82, 2.24) is 19.9 Å². The highest BCUT2D eigenvalue weighted by Crippen LogP contribution is 2.22. The zero-order valence-corrected chi connectivity index (χ0v) is 16.4. The molecule has 0 aliphatic heterocycles. The van der Waals surface area contributed by atoms with Crippen molar-refractivity contribution in [2.45, 2.75) is 6.54 Å². The van der Waals surface area contributed by atoms with Gasteiger partial charge in [0, 0.05) is 17.9 Å². The SMILES string of the molecule is CS(=O)(=O)Nc1ccc(CNc2nc(Nc3ccccc3)nc3nc[nH]c23)cc1. The fraction of sp³-hybridized carbons (Fsp3) is 0.105. The summed E-state index contributed by atoms with van der Waals surface area (Å²) >= 11 is 0. The van der Waals surface area contributed by atoms with E-state index in [1.807, 2.05) is 42.5 Å². The summed E-state index contributed by atoms with van der Waals surface area (Å²) < 4.78 is 25.1. The molecule has 0 radical (unpaired) electrons. The maximum atomic E-state index is 11.3. The minimum atomic E-state index is -3.29. The fourth-order valence-electron chi connectivity index (χ4n) is 2.76. The highest BCUT2D eigenvalue weighted by atomic mass is 32.2. The summed E-state index contributed by atoms with van der Waals surface area (Å²) in [6.45, 7) is 0.495. The Morgan fingerprint density at radius 3 is 2.45 bits per heavy atom. The number of aromatic amines is 1. The molecular weight excluding hydrogens is 390 g/mol. The molecule has 0 aliphatic carbocycles. The number of hydrogen-bond acceptors (Lipinski definition) is 7. The first-order chi connectivity index (χ1) is 14.0. The molecule has 29 heavy (non-hydrogen) atoms. The van der Waals surface area contributed by atoms with Crippen LogP contribution in [0.15, 0.2) is 60.9 Å². The molecule has 0 bridgehead atoms. The summed E-state index contributed by atoms with van der Waals surface area (Å²) in [5.41, 5.74) is 3.62. The van der Waals surface area contributed by atoms with Gasteiger partial charge in [0.25, 0.3) is 0 Å². The zero-order valence-electron chi connectivity index (χ0n) is 15.5. The van der Waals surface area contributed by atoms with Gasteiger partial charge in [0.05, 0.1) is 12.6 Å². The summed E-state index contributed by atoms with van der Waals surface area (Å²) in [4.78, 5) is 16.3. The second kappa shape index (κ2) is 7.76. The van der Waals surface area contributed by atoms with Crippen LogP contribution in [-0.2, 0) is 16.6 Å². The second-order valence-electron chi connectivity index (χ2n) is 6.41. The van der Waals surface area contributed by atoms with Crippen LogP contribution in [0.4, 0.5) is 23.1 Å². The smallest absolute Gasteiger partial charge is 0.231 e. The van der Waals surface area contributed by atoms with Crippen LogP contribution in [0.2, 0.25) is 0 Å². The quantitative estimate of drug-likeness (QED) is 0.370. The standard InChI is InChI=1S/C19H19N7O2S/c1-29(27,28)26-15-9-7-13(8-10-15)11-20-17-16-18(22-12-21-16)25-19(24-17)23-14-5-3-2-4-6-14/h2-10,12,26H,11H2,1H3,(H3,20,21,22,23,24,25). The number of aromatic nitrogens is 4. The number of H-pyrrole nitrogens is 1. The number of sulfonamides is 1. The summed E-state index contributed by atoms with van der Waals surface area (Å²) in [6.07, 6.45) is 2.69. The van der Waals surface area contributed by atoms with E-state index in [0.29, 0.717) is 35.2 Å². The molecule has 2 heterocycles. The largest absolute Gasteiger partial charge is 0.364 e. The molecule has 0 unspecified atom stereocenters. The molecule has 4 N–H and O–H groups in total. The highest BCUT2D eigenvalue weighted by molar-refractivity contribution is 7.92. The lowest BCUT2D eigenvalue weighted by Gasteiger charge is -2.10. The number of nitrogens with zero attached hydrogens (tertiary/aromatic N) is 3. The van der Waals surface area contributed by atoms with E-state index in [1.54, 1.807) is 18.5 Å². The van der Waals surface area contributed by atoms with Crippen molar-refractivity contribution in [3.05, 3.63) is 66.5 Å².